The number of β-amino-alcohol motifs (C(OH)–C–C–N with tert-alkyl or cyclic N) is 1. The molecule has 1 spiro atoms. The lowest BCUT2D eigenvalue weighted by molar-refractivity contribution is -0.135. The van der Waals surface area contributed by atoms with E-state index in [0.29, 0.717) is 18.7 Å². The lowest BCUT2D eigenvalue weighted by Crippen LogP contribution is -2.50. The molecule has 0 aliphatic carbocycles. The van der Waals surface area contributed by atoms with E-state index in [2.05, 4.69) is 17.3 Å². The van der Waals surface area contributed by atoms with E-state index < -0.39 is 17.6 Å². The number of aliphatic hydroxyl groups excluding tert-OH is 2. The van der Waals surface area contributed by atoms with Gasteiger partial charge in [-0.3, -0.25) is 9.59 Å². The second-order valence-corrected chi connectivity index (χ2v) is 9.71. The molecule has 3 N–H and O–H groups in total. The van der Waals surface area contributed by atoms with Crippen molar-refractivity contribution < 1.29 is 19.8 Å². The number of amides is 2. The molecule has 1 aromatic rings. The Bertz CT molecular complexity index is 804. The molecule has 0 unspecified atom stereocenters. The Balaban J connectivity index is 1.78. The number of aryl methyl sites for hydroxylation is 1. The van der Waals surface area contributed by atoms with Crippen molar-refractivity contribution in [2.75, 3.05) is 39.8 Å². The molecule has 32 heavy (non-hydrogen) atoms. The smallest absolute Gasteiger partial charge is 0.254 e. The average molecular weight is 446 g/mol. The van der Waals surface area contributed by atoms with E-state index in [9.17, 15) is 19.8 Å². The molecule has 0 bridgehead atoms. The number of carbonyl (C=O) groups excluding carboxylic acids is 2. The van der Waals surface area contributed by atoms with Gasteiger partial charge in [-0.2, -0.15) is 0 Å². The highest BCUT2D eigenvalue weighted by Crippen LogP contribution is 2.37. The van der Waals surface area contributed by atoms with E-state index in [1.54, 1.807) is 4.90 Å². The van der Waals surface area contributed by atoms with E-state index in [-0.39, 0.29) is 24.8 Å². The van der Waals surface area contributed by atoms with Crippen LogP contribution in [0.5, 0.6) is 0 Å². The largest absolute Gasteiger partial charge is 0.390 e. The molecule has 2 aliphatic heterocycles. The molecule has 7 nitrogen and oxygen atoms in total. The van der Waals surface area contributed by atoms with Crippen molar-refractivity contribution in [3.8, 4) is 0 Å². The van der Waals surface area contributed by atoms with Gasteiger partial charge in [0.05, 0.1) is 17.6 Å². The predicted molar refractivity (Wildman–Crippen MR) is 124 cm³/mol. The third-order valence-electron chi connectivity index (χ3n) is 7.49. The van der Waals surface area contributed by atoms with Crippen molar-refractivity contribution >= 4 is 11.8 Å². The summed E-state index contributed by atoms with van der Waals surface area (Å²) >= 11 is 0. The van der Waals surface area contributed by atoms with Crippen LogP contribution in [0.3, 0.4) is 0 Å². The second kappa shape index (κ2) is 10.8. The van der Waals surface area contributed by atoms with Gasteiger partial charge in [-0.1, -0.05) is 18.6 Å². The van der Waals surface area contributed by atoms with E-state index in [1.165, 1.54) is 0 Å². The summed E-state index contributed by atoms with van der Waals surface area (Å²) in [6.07, 6.45) is 2.23. The maximum Gasteiger partial charge on any atom is 0.254 e. The summed E-state index contributed by atoms with van der Waals surface area (Å²) < 4.78 is 0. The molecule has 0 radical (unpaired) electrons. The third kappa shape index (κ3) is 5.69. The van der Waals surface area contributed by atoms with Crippen molar-refractivity contribution in [3.05, 3.63) is 34.9 Å². The molecule has 1 aromatic carbocycles. The number of hydrogen-bond acceptors (Lipinski definition) is 5. The average Bonchev–Trinajstić information content (AvgIpc) is 2.79. The van der Waals surface area contributed by atoms with Crippen molar-refractivity contribution in [1.82, 2.24) is 15.1 Å². The van der Waals surface area contributed by atoms with Crippen molar-refractivity contribution in [2.24, 2.45) is 5.41 Å². The molecule has 2 heterocycles. The van der Waals surface area contributed by atoms with Gasteiger partial charge in [-0.25, -0.2) is 0 Å². The van der Waals surface area contributed by atoms with Crippen LogP contribution in [0.4, 0.5) is 0 Å². The summed E-state index contributed by atoms with van der Waals surface area (Å²) in [5.74, 6) is -0.0506. The molecule has 7 heteroatoms. The number of likely N-dealkylation sites (tertiary alicyclic amines) is 1. The fourth-order valence-corrected chi connectivity index (χ4v) is 4.87. The Kier molecular flexibility index (Phi) is 8.31. The minimum Gasteiger partial charge on any atom is -0.390 e. The number of carbonyl (C=O) groups is 2. The maximum atomic E-state index is 13.3. The quantitative estimate of drug-likeness (QED) is 0.614. The summed E-state index contributed by atoms with van der Waals surface area (Å²) in [6, 6.07) is 5.75. The number of benzene rings is 1. The number of aliphatic hydroxyl groups is 2. The first-order chi connectivity index (χ1) is 15.2. The topological polar surface area (TPSA) is 93.1 Å². The first-order valence-electron chi connectivity index (χ1n) is 11.9. The molecule has 3 rings (SSSR count). The number of hydrogen-bond donors (Lipinski definition) is 3. The minimum absolute atomic E-state index is 0.0144. The predicted octanol–water partition coefficient (Wildman–Crippen LogP) is 1.87. The fraction of sp³-hybridized carbons (Fsp3) is 0.680. The molecule has 2 aliphatic rings. The Morgan fingerprint density at radius 3 is 2.47 bits per heavy atom. The lowest BCUT2D eigenvalue weighted by atomic mass is 9.73. The fourth-order valence-electron chi connectivity index (χ4n) is 4.87. The van der Waals surface area contributed by atoms with Crippen molar-refractivity contribution in [3.63, 3.8) is 0 Å². The van der Waals surface area contributed by atoms with Gasteiger partial charge in [-0.15, -0.1) is 0 Å². The first-order valence-corrected chi connectivity index (χ1v) is 11.9. The molecule has 2 amide bonds. The summed E-state index contributed by atoms with van der Waals surface area (Å²) in [4.78, 5) is 30.5. The Labute approximate surface area is 191 Å². The van der Waals surface area contributed by atoms with Crippen LogP contribution in [0, 0.1) is 19.3 Å². The molecule has 2 fully saturated rings. The van der Waals surface area contributed by atoms with Crippen LogP contribution < -0.4 is 5.32 Å². The Morgan fingerprint density at radius 2 is 1.75 bits per heavy atom. The highest BCUT2D eigenvalue weighted by atomic mass is 16.3. The number of rotatable bonds is 1. The van der Waals surface area contributed by atoms with Crippen LogP contribution in [0.25, 0.3) is 0 Å². The van der Waals surface area contributed by atoms with E-state index in [0.717, 1.165) is 56.3 Å². The lowest BCUT2D eigenvalue weighted by Gasteiger charge is -2.39. The SMILES string of the molecule is Cc1cccc(C(=O)N2CCCCC3(CCN(C)CC3)C(=O)NC[C@@H](O)[C@@H](O)CC2)c1C. The second-order valence-electron chi connectivity index (χ2n) is 9.71. The van der Waals surface area contributed by atoms with Gasteiger partial charge in [0, 0.05) is 25.2 Å². The number of nitrogens with one attached hydrogen (secondary N) is 1. The zero-order valence-corrected chi connectivity index (χ0v) is 19.8. The highest BCUT2D eigenvalue weighted by molar-refractivity contribution is 5.96. The van der Waals surface area contributed by atoms with Gasteiger partial charge in [0.15, 0.2) is 0 Å². The molecule has 2 atom stereocenters. The van der Waals surface area contributed by atoms with E-state index in [1.807, 2.05) is 32.0 Å². The normalized spacial score (nSPS) is 26.0. The first kappa shape index (κ1) is 24.7. The number of piperidine rings is 1. The summed E-state index contributed by atoms with van der Waals surface area (Å²) in [5.41, 5.74) is 2.30. The van der Waals surface area contributed by atoms with Crippen LogP contribution in [0.15, 0.2) is 18.2 Å². The standard InChI is InChI=1S/C25H39N3O4/c1-18-7-6-8-20(19(18)2)23(31)28-13-5-4-10-25(11-15-27(3)16-12-25)24(32)26-17-22(30)21(29)9-14-28/h6-8,21-22,29-30H,4-5,9-17H2,1-3H3,(H,26,32)/t21-,22+/m0/s1. The molecule has 178 valence electrons. The Morgan fingerprint density at radius 1 is 1.03 bits per heavy atom. The maximum absolute atomic E-state index is 13.3. The van der Waals surface area contributed by atoms with Crippen molar-refractivity contribution in [2.45, 2.75) is 64.6 Å². The molecule has 0 aromatic heterocycles. The molecule has 0 saturated carbocycles. The monoisotopic (exact) mass is 445 g/mol. The van der Waals surface area contributed by atoms with Crippen LogP contribution in [0.2, 0.25) is 0 Å². The summed E-state index contributed by atoms with van der Waals surface area (Å²) in [5, 5.41) is 23.8. The van der Waals surface area contributed by atoms with Crippen LogP contribution in [0.1, 0.15) is 60.0 Å². The highest BCUT2D eigenvalue weighted by Gasteiger charge is 2.40. The van der Waals surface area contributed by atoms with Crippen LogP contribution in [-0.2, 0) is 4.79 Å². The van der Waals surface area contributed by atoms with Gasteiger partial charge >= 0.3 is 0 Å². The van der Waals surface area contributed by atoms with E-state index >= 15 is 0 Å². The van der Waals surface area contributed by atoms with Crippen molar-refractivity contribution in [1.29, 1.82) is 0 Å². The summed E-state index contributed by atoms with van der Waals surface area (Å²) in [6.45, 7) is 6.68. The summed E-state index contributed by atoms with van der Waals surface area (Å²) in [7, 11) is 2.07. The zero-order valence-electron chi connectivity index (χ0n) is 19.8. The van der Waals surface area contributed by atoms with Gasteiger partial charge in [-0.05, 0) is 83.3 Å². The zero-order chi connectivity index (χ0) is 23.3. The number of nitrogens with zero attached hydrogens (tertiary/aromatic N) is 2. The van der Waals surface area contributed by atoms with Crippen LogP contribution >= 0.6 is 0 Å². The van der Waals surface area contributed by atoms with E-state index in [4.69, 9.17) is 0 Å². The van der Waals surface area contributed by atoms with Crippen LogP contribution in [-0.4, -0.2) is 83.8 Å². The molecular formula is C25H39N3O4. The molecule has 2 saturated heterocycles. The van der Waals surface area contributed by atoms with Gasteiger partial charge in [0.2, 0.25) is 5.91 Å². The van der Waals surface area contributed by atoms with Gasteiger partial charge in [0.25, 0.3) is 5.91 Å². The van der Waals surface area contributed by atoms with Gasteiger partial charge < -0.3 is 25.3 Å². The third-order valence-corrected chi connectivity index (χ3v) is 7.49. The van der Waals surface area contributed by atoms with Gasteiger partial charge in [0.1, 0.15) is 0 Å². The minimum atomic E-state index is -1.05. The Hall–Kier alpha value is -1.96. The molecular weight excluding hydrogens is 406 g/mol.